The molecule has 5 nitrogen and oxygen atoms in total. The minimum absolute atomic E-state index is 0.121. The Hall–Kier alpha value is -2.05. The molecule has 6 heteroatoms. The van der Waals surface area contributed by atoms with Crippen LogP contribution < -0.4 is 15.4 Å². The van der Waals surface area contributed by atoms with Crippen molar-refractivity contribution < 1.29 is 14.3 Å². The Labute approximate surface area is 168 Å². The lowest BCUT2D eigenvalue weighted by Gasteiger charge is -2.23. The first-order valence-corrected chi connectivity index (χ1v) is 10.1. The first-order chi connectivity index (χ1) is 13.1. The molecule has 1 fully saturated rings. The fourth-order valence-electron chi connectivity index (χ4n) is 3.08. The van der Waals surface area contributed by atoms with Crippen LogP contribution in [0.15, 0.2) is 53.0 Å². The predicted octanol–water partition coefficient (Wildman–Crippen LogP) is 5.28. The normalized spacial score (nSPS) is 17.8. The number of benzene rings is 2. The molecule has 2 amide bonds. The monoisotopic (exact) mass is 432 g/mol. The van der Waals surface area contributed by atoms with Crippen LogP contribution in [-0.2, 0) is 4.74 Å². The number of hydrogen-bond donors (Lipinski definition) is 2. The molecule has 1 heterocycles. The molecule has 2 atom stereocenters. The lowest BCUT2D eigenvalue weighted by molar-refractivity contribution is -0.0109. The molecule has 1 aliphatic heterocycles. The van der Waals surface area contributed by atoms with Gasteiger partial charge in [-0.15, -0.1) is 0 Å². The molecule has 144 valence electrons. The number of nitrogens with one attached hydrogen (secondary N) is 2. The van der Waals surface area contributed by atoms with Gasteiger partial charge in [0.1, 0.15) is 12.4 Å². The third-order valence-corrected chi connectivity index (χ3v) is 5.28. The van der Waals surface area contributed by atoms with Gasteiger partial charge >= 0.3 is 6.03 Å². The van der Waals surface area contributed by atoms with Gasteiger partial charge in [0.05, 0.1) is 17.8 Å². The minimum Gasteiger partial charge on any atom is -0.489 e. The Morgan fingerprint density at radius 2 is 2.00 bits per heavy atom. The predicted molar refractivity (Wildman–Crippen MR) is 110 cm³/mol. The van der Waals surface area contributed by atoms with Crippen molar-refractivity contribution >= 4 is 27.6 Å². The van der Waals surface area contributed by atoms with Crippen LogP contribution in [0.25, 0.3) is 0 Å². The van der Waals surface area contributed by atoms with Crippen LogP contribution in [0.2, 0.25) is 0 Å². The van der Waals surface area contributed by atoms with Gasteiger partial charge in [-0.05, 0) is 49.9 Å². The highest BCUT2D eigenvalue weighted by Gasteiger charge is 2.17. The molecule has 0 spiro atoms. The number of halogens is 1. The van der Waals surface area contributed by atoms with Crippen molar-refractivity contribution in [2.45, 2.75) is 38.3 Å². The van der Waals surface area contributed by atoms with E-state index in [4.69, 9.17) is 9.47 Å². The van der Waals surface area contributed by atoms with Crippen molar-refractivity contribution in [1.82, 2.24) is 5.32 Å². The second-order valence-electron chi connectivity index (χ2n) is 6.64. The number of ether oxygens (including phenoxy) is 2. The Kier molecular flexibility index (Phi) is 7.12. The maximum absolute atomic E-state index is 12.4. The van der Waals surface area contributed by atoms with Crippen LogP contribution in [0.3, 0.4) is 0 Å². The highest BCUT2D eigenvalue weighted by molar-refractivity contribution is 9.10. The van der Waals surface area contributed by atoms with Crippen molar-refractivity contribution in [3.05, 3.63) is 58.6 Å². The molecule has 3 rings (SSSR count). The topological polar surface area (TPSA) is 59.6 Å². The summed E-state index contributed by atoms with van der Waals surface area (Å²) < 4.78 is 12.6. The zero-order valence-electron chi connectivity index (χ0n) is 15.4. The van der Waals surface area contributed by atoms with Gasteiger partial charge in [-0.2, -0.15) is 0 Å². The molecule has 0 aromatic heterocycles. The molecule has 2 aromatic carbocycles. The molecule has 2 N–H and O–H groups in total. The van der Waals surface area contributed by atoms with Crippen molar-refractivity contribution in [3.8, 4) is 5.75 Å². The molecule has 2 unspecified atom stereocenters. The number of para-hydroxylation sites is 2. The summed E-state index contributed by atoms with van der Waals surface area (Å²) in [4.78, 5) is 12.4. The fraction of sp³-hybridized carbons (Fsp3) is 0.381. The number of anilines is 1. The molecule has 0 radical (unpaired) electrons. The molecule has 2 aromatic rings. The maximum Gasteiger partial charge on any atom is 0.319 e. The average molecular weight is 433 g/mol. The van der Waals surface area contributed by atoms with Crippen LogP contribution in [-0.4, -0.2) is 25.3 Å². The second-order valence-corrected chi connectivity index (χ2v) is 7.49. The van der Waals surface area contributed by atoms with Crippen molar-refractivity contribution in [1.29, 1.82) is 0 Å². The summed E-state index contributed by atoms with van der Waals surface area (Å²) in [7, 11) is 0. The van der Waals surface area contributed by atoms with Crippen LogP contribution in [0.1, 0.15) is 37.8 Å². The van der Waals surface area contributed by atoms with E-state index in [-0.39, 0.29) is 18.2 Å². The van der Waals surface area contributed by atoms with E-state index in [9.17, 15) is 4.79 Å². The quantitative estimate of drug-likeness (QED) is 0.652. The second kappa shape index (κ2) is 9.76. The fourth-order valence-corrected chi connectivity index (χ4v) is 3.70. The first kappa shape index (κ1) is 19.7. The molecule has 0 bridgehead atoms. The summed E-state index contributed by atoms with van der Waals surface area (Å²) in [5, 5.41) is 5.85. The number of urea groups is 1. The molecule has 1 aliphatic rings. The molecule has 27 heavy (non-hydrogen) atoms. The summed E-state index contributed by atoms with van der Waals surface area (Å²) in [6.45, 7) is 3.24. The zero-order valence-corrected chi connectivity index (χ0v) is 17.0. The molecule has 1 saturated heterocycles. The van der Waals surface area contributed by atoms with Gasteiger partial charge in [0.2, 0.25) is 0 Å². The van der Waals surface area contributed by atoms with Crippen LogP contribution in [0.4, 0.5) is 10.5 Å². The van der Waals surface area contributed by atoms with Gasteiger partial charge in [0.15, 0.2) is 0 Å². The highest BCUT2D eigenvalue weighted by atomic mass is 79.9. The summed E-state index contributed by atoms with van der Waals surface area (Å²) in [5.41, 5.74) is 1.66. The standard InChI is InChI=1S/C21H25BrN2O3/c1-15(17-9-2-3-10-18(17)22)23-21(25)24-19-11-4-5-12-20(19)27-14-16-8-6-7-13-26-16/h2-5,9-12,15-16H,6-8,13-14H2,1H3,(H2,23,24,25). The minimum atomic E-state index is -0.275. The van der Waals surface area contributed by atoms with Crippen LogP contribution in [0.5, 0.6) is 5.75 Å². The Morgan fingerprint density at radius 3 is 2.78 bits per heavy atom. The van der Waals surface area contributed by atoms with E-state index in [0.717, 1.165) is 29.5 Å². The summed E-state index contributed by atoms with van der Waals surface area (Å²) in [6.07, 6.45) is 3.42. The number of carbonyl (C=O) groups excluding carboxylic acids is 1. The highest BCUT2D eigenvalue weighted by Crippen LogP contribution is 2.26. The zero-order chi connectivity index (χ0) is 19.1. The maximum atomic E-state index is 12.4. The van der Waals surface area contributed by atoms with E-state index < -0.39 is 0 Å². The number of hydrogen-bond acceptors (Lipinski definition) is 3. The summed E-state index contributed by atoms with van der Waals surface area (Å²) in [5.74, 6) is 0.648. The van der Waals surface area contributed by atoms with Gasteiger partial charge in [-0.1, -0.05) is 46.3 Å². The van der Waals surface area contributed by atoms with Gasteiger partial charge in [-0.25, -0.2) is 4.79 Å². The van der Waals surface area contributed by atoms with Gasteiger partial charge in [-0.3, -0.25) is 0 Å². The smallest absolute Gasteiger partial charge is 0.319 e. The Balaban J connectivity index is 1.58. The Morgan fingerprint density at radius 1 is 1.22 bits per heavy atom. The molecule has 0 aliphatic carbocycles. The number of amides is 2. The summed E-state index contributed by atoms with van der Waals surface area (Å²) >= 11 is 3.52. The van der Waals surface area contributed by atoms with E-state index in [1.807, 2.05) is 55.5 Å². The third-order valence-electron chi connectivity index (χ3n) is 4.55. The molecular weight excluding hydrogens is 408 g/mol. The molecule has 0 saturated carbocycles. The van der Waals surface area contributed by atoms with Crippen LogP contribution in [0, 0.1) is 0 Å². The van der Waals surface area contributed by atoms with Crippen molar-refractivity contribution in [3.63, 3.8) is 0 Å². The van der Waals surface area contributed by atoms with E-state index in [2.05, 4.69) is 26.6 Å². The van der Waals surface area contributed by atoms with Crippen LogP contribution >= 0.6 is 15.9 Å². The lowest BCUT2D eigenvalue weighted by atomic mass is 10.1. The van der Waals surface area contributed by atoms with E-state index in [0.29, 0.717) is 18.0 Å². The van der Waals surface area contributed by atoms with E-state index in [1.165, 1.54) is 6.42 Å². The lowest BCUT2D eigenvalue weighted by Crippen LogP contribution is -2.31. The SMILES string of the molecule is CC(NC(=O)Nc1ccccc1OCC1CCCCO1)c1ccccc1Br. The summed E-state index contributed by atoms with van der Waals surface area (Å²) in [6, 6.07) is 14.9. The van der Waals surface area contributed by atoms with Crippen molar-refractivity contribution in [2.24, 2.45) is 0 Å². The first-order valence-electron chi connectivity index (χ1n) is 9.29. The average Bonchev–Trinajstić information content (AvgIpc) is 2.68. The van der Waals surface area contributed by atoms with E-state index >= 15 is 0 Å². The van der Waals surface area contributed by atoms with Gasteiger partial charge in [0, 0.05) is 11.1 Å². The molecular formula is C21H25BrN2O3. The van der Waals surface area contributed by atoms with Crippen molar-refractivity contribution in [2.75, 3.05) is 18.5 Å². The number of carbonyl (C=O) groups is 1. The largest absolute Gasteiger partial charge is 0.489 e. The van der Waals surface area contributed by atoms with Gasteiger partial charge < -0.3 is 20.1 Å². The van der Waals surface area contributed by atoms with Gasteiger partial charge in [0.25, 0.3) is 0 Å². The van der Waals surface area contributed by atoms with E-state index in [1.54, 1.807) is 0 Å². The third kappa shape index (κ3) is 5.71. The Bertz CT molecular complexity index is 763. The number of rotatable bonds is 6.